The van der Waals surface area contributed by atoms with Crippen molar-refractivity contribution in [3.63, 3.8) is 0 Å². The largest absolute Gasteiger partial charge is 0.481 e. The minimum Gasteiger partial charge on any atom is -0.481 e. The Kier molecular flexibility index (Phi) is 5.17. The van der Waals surface area contributed by atoms with Crippen LogP contribution in [0, 0.1) is 0 Å². The number of carboxylic acid groups (broad SMARTS) is 1. The van der Waals surface area contributed by atoms with Gasteiger partial charge in [0.05, 0.1) is 22.9 Å². The Hall–Kier alpha value is -2.19. The molecule has 1 aromatic carbocycles. The summed E-state index contributed by atoms with van der Waals surface area (Å²) in [6.45, 7) is 0. The van der Waals surface area contributed by atoms with E-state index >= 15 is 0 Å². The van der Waals surface area contributed by atoms with Crippen molar-refractivity contribution in [2.75, 3.05) is 6.26 Å². The molecule has 0 spiro atoms. The number of carboxylic acids is 1. The van der Waals surface area contributed by atoms with Crippen LogP contribution in [-0.4, -0.2) is 31.7 Å². The molecule has 2 rings (SSSR count). The van der Waals surface area contributed by atoms with E-state index in [1.165, 1.54) is 29.5 Å². The SMILES string of the molecule is CS(=O)(=O)c1ccccc1C(=O)N[C@@H](CC(=O)O)c1cccs1. The first-order valence-electron chi connectivity index (χ1n) is 6.64. The van der Waals surface area contributed by atoms with Crippen LogP contribution in [0.2, 0.25) is 0 Å². The number of carbonyl (C=O) groups excluding carboxylic acids is 1. The van der Waals surface area contributed by atoms with E-state index in [1.54, 1.807) is 23.6 Å². The Balaban J connectivity index is 2.32. The molecule has 8 heteroatoms. The molecule has 122 valence electrons. The molecule has 0 aliphatic rings. The Labute approximate surface area is 137 Å². The van der Waals surface area contributed by atoms with E-state index in [4.69, 9.17) is 5.11 Å². The number of sulfone groups is 1. The van der Waals surface area contributed by atoms with Gasteiger partial charge in [-0.3, -0.25) is 9.59 Å². The topological polar surface area (TPSA) is 101 Å². The molecule has 0 fully saturated rings. The van der Waals surface area contributed by atoms with E-state index in [0.29, 0.717) is 4.88 Å². The van der Waals surface area contributed by atoms with Crippen LogP contribution in [0.4, 0.5) is 0 Å². The van der Waals surface area contributed by atoms with Crippen LogP contribution in [0.25, 0.3) is 0 Å². The fraction of sp³-hybridized carbons (Fsp3) is 0.200. The van der Waals surface area contributed by atoms with Crippen molar-refractivity contribution in [1.29, 1.82) is 0 Å². The van der Waals surface area contributed by atoms with E-state index in [1.807, 2.05) is 0 Å². The summed E-state index contributed by atoms with van der Waals surface area (Å²) >= 11 is 1.32. The quantitative estimate of drug-likeness (QED) is 0.828. The van der Waals surface area contributed by atoms with Gasteiger partial charge in [-0.05, 0) is 23.6 Å². The molecule has 0 saturated heterocycles. The average Bonchev–Trinajstić information content (AvgIpc) is 2.99. The number of aliphatic carboxylic acids is 1. The molecule has 1 atom stereocenters. The van der Waals surface area contributed by atoms with E-state index in [0.717, 1.165) is 6.26 Å². The molecule has 1 aromatic heterocycles. The lowest BCUT2D eigenvalue weighted by atomic mass is 10.1. The minimum atomic E-state index is -3.57. The molecule has 0 saturated carbocycles. The van der Waals surface area contributed by atoms with Gasteiger partial charge < -0.3 is 10.4 Å². The Bertz CT molecular complexity index is 812. The number of thiophene rings is 1. The molecule has 2 N–H and O–H groups in total. The van der Waals surface area contributed by atoms with Crippen molar-refractivity contribution in [2.45, 2.75) is 17.4 Å². The summed E-state index contributed by atoms with van der Waals surface area (Å²) in [5.74, 6) is -1.68. The van der Waals surface area contributed by atoms with E-state index in [-0.39, 0.29) is 16.9 Å². The van der Waals surface area contributed by atoms with Crippen LogP contribution in [0.5, 0.6) is 0 Å². The maximum atomic E-state index is 12.4. The minimum absolute atomic E-state index is 0.00180. The fourth-order valence-electron chi connectivity index (χ4n) is 2.10. The van der Waals surface area contributed by atoms with Gasteiger partial charge in [-0.2, -0.15) is 0 Å². The van der Waals surface area contributed by atoms with Crippen LogP contribution in [0.15, 0.2) is 46.7 Å². The summed E-state index contributed by atoms with van der Waals surface area (Å²) in [5, 5.41) is 13.4. The number of nitrogens with one attached hydrogen (secondary N) is 1. The predicted molar refractivity (Wildman–Crippen MR) is 86.3 cm³/mol. The van der Waals surface area contributed by atoms with Crippen molar-refractivity contribution >= 4 is 33.1 Å². The van der Waals surface area contributed by atoms with Crippen LogP contribution < -0.4 is 5.32 Å². The van der Waals surface area contributed by atoms with Gasteiger partial charge in [-0.15, -0.1) is 11.3 Å². The molecule has 0 aliphatic carbocycles. The van der Waals surface area contributed by atoms with Crippen molar-refractivity contribution < 1.29 is 23.1 Å². The van der Waals surface area contributed by atoms with Gasteiger partial charge in [0.15, 0.2) is 9.84 Å². The Morgan fingerprint density at radius 2 is 1.91 bits per heavy atom. The lowest BCUT2D eigenvalue weighted by Gasteiger charge is -2.16. The molecule has 2 aromatic rings. The first kappa shape index (κ1) is 17.2. The zero-order valence-electron chi connectivity index (χ0n) is 12.2. The Morgan fingerprint density at radius 1 is 1.22 bits per heavy atom. The molecule has 0 radical (unpaired) electrons. The first-order valence-corrected chi connectivity index (χ1v) is 9.41. The monoisotopic (exact) mass is 353 g/mol. The second-order valence-electron chi connectivity index (χ2n) is 4.91. The number of benzene rings is 1. The van der Waals surface area contributed by atoms with E-state index < -0.39 is 27.8 Å². The van der Waals surface area contributed by atoms with Crippen molar-refractivity contribution in [1.82, 2.24) is 5.32 Å². The number of hydrogen-bond donors (Lipinski definition) is 2. The van der Waals surface area contributed by atoms with Gasteiger partial charge in [0, 0.05) is 11.1 Å². The van der Waals surface area contributed by atoms with Gasteiger partial charge in [0.25, 0.3) is 5.91 Å². The molecular weight excluding hydrogens is 338 g/mol. The normalized spacial score (nSPS) is 12.6. The highest BCUT2D eigenvalue weighted by Crippen LogP contribution is 2.23. The molecule has 6 nitrogen and oxygen atoms in total. The summed E-state index contributed by atoms with van der Waals surface area (Å²) in [6, 6.07) is 8.60. The number of rotatable bonds is 6. The third-order valence-electron chi connectivity index (χ3n) is 3.10. The molecule has 1 heterocycles. The Morgan fingerprint density at radius 3 is 2.48 bits per heavy atom. The van der Waals surface area contributed by atoms with E-state index in [9.17, 15) is 18.0 Å². The van der Waals surface area contributed by atoms with Crippen LogP contribution in [0.1, 0.15) is 27.7 Å². The lowest BCUT2D eigenvalue weighted by Crippen LogP contribution is -2.30. The zero-order chi connectivity index (χ0) is 17.0. The molecule has 23 heavy (non-hydrogen) atoms. The summed E-state index contributed by atoms with van der Waals surface area (Å²) in [4.78, 5) is 24.0. The van der Waals surface area contributed by atoms with Gasteiger partial charge in [0.2, 0.25) is 0 Å². The van der Waals surface area contributed by atoms with Crippen LogP contribution in [0.3, 0.4) is 0 Å². The highest BCUT2D eigenvalue weighted by molar-refractivity contribution is 7.90. The van der Waals surface area contributed by atoms with E-state index in [2.05, 4.69) is 5.32 Å². The smallest absolute Gasteiger partial charge is 0.305 e. The number of amides is 1. The third kappa shape index (κ3) is 4.40. The second-order valence-corrected chi connectivity index (χ2v) is 7.87. The fourth-order valence-corrected chi connectivity index (χ4v) is 3.76. The maximum absolute atomic E-state index is 12.4. The molecule has 1 amide bonds. The highest BCUT2D eigenvalue weighted by atomic mass is 32.2. The van der Waals surface area contributed by atoms with Crippen LogP contribution in [-0.2, 0) is 14.6 Å². The highest BCUT2D eigenvalue weighted by Gasteiger charge is 2.23. The molecule has 0 bridgehead atoms. The standard InChI is InChI=1S/C15H15NO5S2/c1-23(20,21)13-7-3-2-5-10(13)15(19)16-11(9-14(17)18)12-6-4-8-22-12/h2-8,11H,9H2,1H3,(H,16,19)(H,17,18)/t11-/m0/s1. The van der Waals surface area contributed by atoms with Gasteiger partial charge in [0.1, 0.15) is 0 Å². The molecular formula is C15H15NO5S2. The predicted octanol–water partition coefficient (Wildman–Crippen LogP) is 2.10. The van der Waals surface area contributed by atoms with Crippen molar-refractivity contribution in [2.24, 2.45) is 0 Å². The number of carbonyl (C=O) groups is 2. The molecule has 0 unspecified atom stereocenters. The first-order chi connectivity index (χ1) is 10.8. The molecule has 0 aliphatic heterocycles. The van der Waals surface area contributed by atoms with Crippen LogP contribution >= 0.6 is 11.3 Å². The summed E-state index contributed by atoms with van der Waals surface area (Å²) in [7, 11) is -3.57. The number of hydrogen-bond acceptors (Lipinski definition) is 5. The van der Waals surface area contributed by atoms with Crippen molar-refractivity contribution in [3.8, 4) is 0 Å². The summed E-state index contributed by atoms with van der Waals surface area (Å²) < 4.78 is 23.6. The maximum Gasteiger partial charge on any atom is 0.305 e. The third-order valence-corrected chi connectivity index (χ3v) is 5.24. The lowest BCUT2D eigenvalue weighted by molar-refractivity contribution is -0.137. The summed E-state index contributed by atoms with van der Waals surface area (Å²) in [5.41, 5.74) is 0.00180. The van der Waals surface area contributed by atoms with Crippen molar-refractivity contribution in [3.05, 3.63) is 52.2 Å². The summed E-state index contributed by atoms with van der Waals surface area (Å²) in [6.07, 6.45) is 0.737. The second kappa shape index (κ2) is 6.93. The average molecular weight is 353 g/mol. The zero-order valence-corrected chi connectivity index (χ0v) is 13.9. The van der Waals surface area contributed by atoms with Gasteiger partial charge in [-0.25, -0.2) is 8.42 Å². The van der Waals surface area contributed by atoms with Gasteiger partial charge in [-0.1, -0.05) is 18.2 Å². The van der Waals surface area contributed by atoms with Gasteiger partial charge >= 0.3 is 5.97 Å².